The molecule has 20 heavy (non-hydrogen) atoms. The van der Waals surface area contributed by atoms with Gasteiger partial charge in [0.05, 0.1) is 26.6 Å². The fraction of sp³-hybridized carbons (Fsp3) is 0.562. The largest absolute Gasteiger partial charge is 0.397 e. The maximum Gasteiger partial charge on any atom is 0.0907 e. The van der Waals surface area contributed by atoms with Crippen LogP contribution in [0.1, 0.15) is 44.5 Å². The SMILES string of the molecule is CCCCN(CCCC)c1cc2nc(C)sc2cc1N. The summed E-state index contributed by atoms with van der Waals surface area (Å²) in [6.07, 6.45) is 4.83. The average molecular weight is 291 g/mol. The van der Waals surface area contributed by atoms with Gasteiger partial charge >= 0.3 is 0 Å². The number of anilines is 2. The Morgan fingerprint density at radius 3 is 2.40 bits per heavy atom. The first kappa shape index (κ1) is 15.1. The molecule has 0 radical (unpaired) electrons. The van der Waals surface area contributed by atoms with Gasteiger partial charge in [0.15, 0.2) is 0 Å². The zero-order valence-electron chi connectivity index (χ0n) is 12.8. The molecule has 0 fully saturated rings. The molecule has 0 unspecified atom stereocenters. The van der Waals surface area contributed by atoms with Crippen LogP contribution in [0.2, 0.25) is 0 Å². The topological polar surface area (TPSA) is 42.2 Å². The third-order valence-electron chi connectivity index (χ3n) is 3.55. The Hall–Kier alpha value is -1.29. The zero-order chi connectivity index (χ0) is 14.5. The Kier molecular flexibility index (Phi) is 5.24. The monoisotopic (exact) mass is 291 g/mol. The van der Waals surface area contributed by atoms with Crippen molar-refractivity contribution in [1.82, 2.24) is 4.98 Å². The first-order chi connectivity index (χ1) is 9.65. The maximum absolute atomic E-state index is 6.28. The molecule has 2 rings (SSSR count). The Morgan fingerprint density at radius 1 is 1.15 bits per heavy atom. The minimum atomic E-state index is 0.883. The number of rotatable bonds is 7. The van der Waals surface area contributed by atoms with Gasteiger partial charge < -0.3 is 10.6 Å². The van der Waals surface area contributed by atoms with Crippen LogP contribution in [0.4, 0.5) is 11.4 Å². The predicted molar refractivity (Wildman–Crippen MR) is 90.8 cm³/mol. The first-order valence-electron chi connectivity index (χ1n) is 7.57. The van der Waals surface area contributed by atoms with Crippen LogP contribution < -0.4 is 10.6 Å². The van der Waals surface area contributed by atoms with Crippen molar-refractivity contribution in [1.29, 1.82) is 0 Å². The van der Waals surface area contributed by atoms with Gasteiger partial charge in [-0.3, -0.25) is 0 Å². The Labute approximate surface area is 125 Å². The number of benzene rings is 1. The van der Waals surface area contributed by atoms with E-state index >= 15 is 0 Å². The zero-order valence-corrected chi connectivity index (χ0v) is 13.6. The number of nitrogens with zero attached hydrogens (tertiary/aromatic N) is 2. The maximum atomic E-state index is 6.28. The molecule has 1 heterocycles. The van der Waals surface area contributed by atoms with Gasteiger partial charge in [-0.15, -0.1) is 11.3 Å². The van der Waals surface area contributed by atoms with Crippen LogP contribution in [0.25, 0.3) is 10.2 Å². The van der Waals surface area contributed by atoms with Crippen LogP contribution in [0.3, 0.4) is 0 Å². The van der Waals surface area contributed by atoms with E-state index in [4.69, 9.17) is 5.73 Å². The minimum Gasteiger partial charge on any atom is -0.397 e. The van der Waals surface area contributed by atoms with Crippen LogP contribution in [0.15, 0.2) is 12.1 Å². The normalized spacial score (nSPS) is 11.2. The lowest BCUT2D eigenvalue weighted by Gasteiger charge is -2.26. The molecule has 3 nitrogen and oxygen atoms in total. The summed E-state index contributed by atoms with van der Waals surface area (Å²) in [7, 11) is 0. The fourth-order valence-corrected chi connectivity index (χ4v) is 3.28. The van der Waals surface area contributed by atoms with Gasteiger partial charge in [-0.05, 0) is 31.9 Å². The number of unbranched alkanes of at least 4 members (excludes halogenated alkanes) is 2. The number of fused-ring (bicyclic) bond motifs is 1. The third kappa shape index (κ3) is 3.42. The molecule has 0 aliphatic heterocycles. The highest BCUT2D eigenvalue weighted by Gasteiger charge is 2.12. The summed E-state index contributed by atoms with van der Waals surface area (Å²) in [5.74, 6) is 0. The van der Waals surface area contributed by atoms with Crippen molar-refractivity contribution in [2.24, 2.45) is 0 Å². The van der Waals surface area contributed by atoms with E-state index in [9.17, 15) is 0 Å². The number of hydrogen-bond acceptors (Lipinski definition) is 4. The summed E-state index contributed by atoms with van der Waals surface area (Å²) < 4.78 is 1.19. The van der Waals surface area contributed by atoms with Crippen LogP contribution >= 0.6 is 11.3 Å². The van der Waals surface area contributed by atoms with Crippen molar-refractivity contribution < 1.29 is 0 Å². The lowest BCUT2D eigenvalue weighted by Crippen LogP contribution is -2.26. The molecule has 1 aromatic carbocycles. The van der Waals surface area contributed by atoms with Gasteiger partial charge in [-0.2, -0.15) is 0 Å². The van der Waals surface area contributed by atoms with E-state index in [-0.39, 0.29) is 0 Å². The Balaban J connectivity index is 2.32. The first-order valence-corrected chi connectivity index (χ1v) is 8.39. The van der Waals surface area contributed by atoms with Gasteiger partial charge in [0, 0.05) is 13.1 Å². The van der Waals surface area contributed by atoms with Crippen LogP contribution in [-0.2, 0) is 0 Å². The Morgan fingerprint density at radius 2 is 1.80 bits per heavy atom. The number of nitrogen functional groups attached to an aromatic ring is 1. The lowest BCUT2D eigenvalue weighted by atomic mass is 10.2. The van der Waals surface area contributed by atoms with Crippen molar-refractivity contribution in [3.63, 3.8) is 0 Å². The molecule has 0 atom stereocenters. The molecule has 1 aromatic heterocycles. The number of aryl methyl sites for hydroxylation is 1. The van der Waals surface area contributed by atoms with E-state index in [1.165, 1.54) is 30.4 Å². The van der Waals surface area contributed by atoms with Crippen molar-refractivity contribution in [2.75, 3.05) is 23.7 Å². The van der Waals surface area contributed by atoms with E-state index in [1.54, 1.807) is 11.3 Å². The second-order valence-electron chi connectivity index (χ2n) is 5.31. The van der Waals surface area contributed by atoms with Gasteiger partial charge in [-0.1, -0.05) is 26.7 Å². The molecular formula is C16H25N3S. The number of thiazole rings is 1. The molecule has 0 spiro atoms. The summed E-state index contributed by atoms with van der Waals surface area (Å²) in [5.41, 5.74) is 9.40. The number of hydrogen-bond donors (Lipinski definition) is 1. The molecule has 2 aromatic rings. The molecule has 2 N–H and O–H groups in total. The van der Waals surface area contributed by atoms with Gasteiger partial charge in [0.2, 0.25) is 0 Å². The standard InChI is InChI=1S/C16H25N3S/c1-4-6-8-19(9-7-5-2)15-11-14-16(10-13(15)17)20-12(3)18-14/h10-11H,4-9,17H2,1-3H3. The lowest BCUT2D eigenvalue weighted by molar-refractivity contribution is 0.679. The molecule has 0 aliphatic rings. The van der Waals surface area contributed by atoms with Gasteiger partial charge in [-0.25, -0.2) is 4.98 Å². The molecule has 0 bridgehead atoms. The summed E-state index contributed by atoms with van der Waals surface area (Å²) >= 11 is 1.71. The summed E-state index contributed by atoms with van der Waals surface area (Å²) in [6, 6.07) is 4.25. The number of nitrogens with two attached hydrogens (primary N) is 1. The van der Waals surface area contributed by atoms with Gasteiger partial charge in [0.25, 0.3) is 0 Å². The predicted octanol–water partition coefficient (Wildman–Crippen LogP) is 4.59. The fourth-order valence-electron chi connectivity index (χ4n) is 2.42. The molecule has 4 heteroatoms. The van der Waals surface area contributed by atoms with E-state index < -0.39 is 0 Å². The summed E-state index contributed by atoms with van der Waals surface area (Å²) in [4.78, 5) is 7.02. The van der Waals surface area contributed by atoms with Crippen molar-refractivity contribution in [2.45, 2.75) is 46.5 Å². The van der Waals surface area contributed by atoms with Crippen LogP contribution in [0.5, 0.6) is 0 Å². The summed E-state index contributed by atoms with van der Waals surface area (Å²) in [5, 5.41) is 1.10. The molecular weight excluding hydrogens is 266 g/mol. The molecule has 0 amide bonds. The Bertz CT molecular complexity index is 554. The molecule has 110 valence electrons. The van der Waals surface area contributed by atoms with Crippen molar-refractivity contribution in [3.8, 4) is 0 Å². The van der Waals surface area contributed by atoms with Crippen molar-refractivity contribution >= 4 is 32.9 Å². The van der Waals surface area contributed by atoms with E-state index in [1.807, 2.05) is 6.92 Å². The van der Waals surface area contributed by atoms with E-state index in [2.05, 4.69) is 35.9 Å². The molecule has 0 saturated heterocycles. The highest BCUT2D eigenvalue weighted by molar-refractivity contribution is 7.18. The number of aromatic nitrogens is 1. The molecule has 0 aliphatic carbocycles. The highest BCUT2D eigenvalue weighted by atomic mass is 32.1. The average Bonchev–Trinajstić information content (AvgIpc) is 2.77. The second-order valence-corrected chi connectivity index (χ2v) is 6.54. The highest BCUT2D eigenvalue weighted by Crippen LogP contribution is 2.32. The third-order valence-corrected chi connectivity index (χ3v) is 4.48. The summed E-state index contributed by atoms with van der Waals surface area (Å²) in [6.45, 7) is 8.67. The van der Waals surface area contributed by atoms with E-state index in [0.29, 0.717) is 0 Å². The van der Waals surface area contributed by atoms with Crippen LogP contribution in [0, 0.1) is 6.92 Å². The second kappa shape index (κ2) is 6.93. The van der Waals surface area contributed by atoms with Crippen LogP contribution in [-0.4, -0.2) is 18.1 Å². The van der Waals surface area contributed by atoms with E-state index in [0.717, 1.165) is 35.0 Å². The molecule has 0 saturated carbocycles. The van der Waals surface area contributed by atoms with Crippen molar-refractivity contribution in [3.05, 3.63) is 17.1 Å². The quantitative estimate of drug-likeness (QED) is 0.758. The minimum absolute atomic E-state index is 0.883. The van der Waals surface area contributed by atoms with Gasteiger partial charge in [0.1, 0.15) is 0 Å². The smallest absolute Gasteiger partial charge is 0.0907 e.